The molecule has 2 aromatic carbocycles. The highest BCUT2D eigenvalue weighted by atomic mass is 16.3. The molecule has 0 spiro atoms. The van der Waals surface area contributed by atoms with Crippen LogP contribution >= 0.6 is 0 Å². The van der Waals surface area contributed by atoms with E-state index in [1.54, 1.807) is 30.5 Å². The number of aromatic nitrogens is 3. The third-order valence-corrected chi connectivity index (χ3v) is 6.72. The van der Waals surface area contributed by atoms with Gasteiger partial charge < -0.3 is 15.7 Å². The molecule has 5 rings (SSSR count). The maximum absolute atomic E-state index is 13.2. The van der Waals surface area contributed by atoms with Gasteiger partial charge in [-0.3, -0.25) is 9.78 Å². The number of hydrogen-bond acceptors (Lipinski definition) is 5. The van der Waals surface area contributed by atoms with E-state index in [-0.39, 0.29) is 23.6 Å². The van der Waals surface area contributed by atoms with E-state index in [0.29, 0.717) is 29.1 Å². The zero-order valence-electron chi connectivity index (χ0n) is 20.6. The highest BCUT2D eigenvalue weighted by Gasteiger charge is 2.26. The fourth-order valence-corrected chi connectivity index (χ4v) is 4.69. The molecule has 8 nitrogen and oxygen atoms in total. The Hall–Kier alpha value is -4.46. The number of rotatable bonds is 6. The summed E-state index contributed by atoms with van der Waals surface area (Å²) in [4.78, 5) is 29.6. The van der Waals surface area contributed by atoms with Gasteiger partial charge in [0.05, 0.1) is 17.0 Å². The molecule has 37 heavy (non-hydrogen) atoms. The first-order valence-electron chi connectivity index (χ1n) is 12.5. The molecule has 0 unspecified atom stereocenters. The molecule has 2 aromatic heterocycles. The molecule has 0 radical (unpaired) electrons. The molecule has 1 aliphatic carbocycles. The van der Waals surface area contributed by atoms with Crippen LogP contribution in [0.2, 0.25) is 0 Å². The molecule has 4 aromatic rings. The molecule has 3 N–H and O–H groups in total. The Bertz CT molecular complexity index is 1410. The number of pyridine rings is 1. The van der Waals surface area contributed by atoms with Gasteiger partial charge in [0.1, 0.15) is 5.75 Å². The number of amides is 2. The van der Waals surface area contributed by atoms with Gasteiger partial charge in [-0.1, -0.05) is 42.7 Å². The maximum atomic E-state index is 13.2. The number of aromatic hydroxyl groups is 1. The second-order valence-electron chi connectivity index (χ2n) is 9.42. The Labute approximate surface area is 215 Å². The van der Waals surface area contributed by atoms with Crippen molar-refractivity contribution in [2.45, 2.75) is 45.1 Å². The smallest absolute Gasteiger partial charge is 0.342 e. The Kier molecular flexibility index (Phi) is 6.98. The maximum Gasteiger partial charge on any atom is 0.342 e. The fourth-order valence-electron chi connectivity index (χ4n) is 4.69. The molecule has 1 fully saturated rings. The van der Waals surface area contributed by atoms with Crippen molar-refractivity contribution in [3.63, 3.8) is 0 Å². The molecule has 2 amide bonds. The van der Waals surface area contributed by atoms with Crippen LogP contribution in [0.3, 0.4) is 0 Å². The molecule has 0 aliphatic heterocycles. The van der Waals surface area contributed by atoms with Gasteiger partial charge in [-0.05, 0) is 55.7 Å². The van der Waals surface area contributed by atoms with Crippen LogP contribution in [-0.4, -0.2) is 31.8 Å². The number of phenols is 1. The van der Waals surface area contributed by atoms with Gasteiger partial charge in [0, 0.05) is 42.2 Å². The van der Waals surface area contributed by atoms with Crippen LogP contribution in [-0.2, 0) is 6.54 Å². The van der Waals surface area contributed by atoms with Crippen LogP contribution in [0.15, 0.2) is 73.1 Å². The topological polar surface area (TPSA) is 109 Å². The summed E-state index contributed by atoms with van der Waals surface area (Å²) in [7, 11) is 0. The number of hydrogen-bond donors (Lipinski definition) is 3. The molecular formula is C29H29N5O3. The predicted molar refractivity (Wildman–Crippen MR) is 142 cm³/mol. The molecule has 0 bridgehead atoms. The van der Waals surface area contributed by atoms with Crippen molar-refractivity contribution in [3.05, 3.63) is 95.4 Å². The van der Waals surface area contributed by atoms with E-state index in [4.69, 9.17) is 0 Å². The number of carbonyl (C=O) groups is 2. The van der Waals surface area contributed by atoms with Crippen molar-refractivity contribution in [1.29, 1.82) is 0 Å². The minimum absolute atomic E-state index is 0.0355. The van der Waals surface area contributed by atoms with Crippen molar-refractivity contribution in [1.82, 2.24) is 20.1 Å². The summed E-state index contributed by atoms with van der Waals surface area (Å²) < 4.78 is 1.44. The molecular weight excluding hydrogens is 466 g/mol. The first-order valence-corrected chi connectivity index (χ1v) is 12.5. The molecule has 0 saturated heterocycles. The van der Waals surface area contributed by atoms with Crippen LogP contribution in [0.4, 0.5) is 10.5 Å². The first kappa shape index (κ1) is 24.2. The van der Waals surface area contributed by atoms with Crippen LogP contribution in [0.25, 0.3) is 11.3 Å². The predicted octanol–water partition coefficient (Wildman–Crippen LogP) is 5.63. The summed E-state index contributed by atoms with van der Waals surface area (Å²) in [6, 6.07) is 17.9. The fraction of sp³-hybridized carbons (Fsp3) is 0.241. The van der Waals surface area contributed by atoms with Gasteiger partial charge >= 0.3 is 6.03 Å². The van der Waals surface area contributed by atoms with Crippen molar-refractivity contribution in [3.8, 4) is 17.0 Å². The zero-order chi connectivity index (χ0) is 25.8. The minimum atomic E-state index is -0.321. The van der Waals surface area contributed by atoms with Crippen LogP contribution < -0.4 is 10.6 Å². The number of phenolic OH excluding ortho intramolecular Hbond substituents is 1. The third-order valence-electron chi connectivity index (χ3n) is 6.72. The number of benzene rings is 2. The van der Waals surface area contributed by atoms with Crippen molar-refractivity contribution in [2.24, 2.45) is 0 Å². The van der Waals surface area contributed by atoms with Gasteiger partial charge in [0.25, 0.3) is 5.91 Å². The molecule has 188 valence electrons. The van der Waals surface area contributed by atoms with Crippen LogP contribution in [0, 0.1) is 6.92 Å². The lowest BCUT2D eigenvalue weighted by Gasteiger charge is -2.12. The van der Waals surface area contributed by atoms with E-state index in [1.165, 1.54) is 16.9 Å². The Morgan fingerprint density at radius 3 is 2.54 bits per heavy atom. The van der Waals surface area contributed by atoms with Crippen molar-refractivity contribution in [2.75, 3.05) is 5.32 Å². The normalized spacial score (nSPS) is 13.4. The van der Waals surface area contributed by atoms with Crippen molar-refractivity contribution >= 4 is 17.6 Å². The molecule has 1 saturated carbocycles. The Morgan fingerprint density at radius 2 is 1.84 bits per heavy atom. The number of nitrogens with zero attached hydrogens (tertiary/aromatic N) is 3. The van der Waals surface area contributed by atoms with Gasteiger partial charge in [-0.2, -0.15) is 9.78 Å². The molecule has 2 heterocycles. The number of nitrogens with one attached hydrogen (secondary N) is 2. The van der Waals surface area contributed by atoms with E-state index in [1.807, 2.05) is 37.3 Å². The molecule has 1 aliphatic rings. The van der Waals surface area contributed by atoms with E-state index < -0.39 is 0 Å². The summed E-state index contributed by atoms with van der Waals surface area (Å²) in [5.74, 6) is -0.114. The Morgan fingerprint density at radius 1 is 1.05 bits per heavy atom. The lowest BCUT2D eigenvalue weighted by Crippen LogP contribution is -2.30. The SMILES string of the molecule is Cc1ccc(CNC(=O)n2nc(-c3ccc(NC(=O)c4cccnc4)cc3O)cc2C2CCCC2)cc1. The van der Waals surface area contributed by atoms with Gasteiger partial charge in [0.15, 0.2) is 0 Å². The van der Waals surface area contributed by atoms with Crippen molar-refractivity contribution < 1.29 is 14.7 Å². The standard InChI is InChI=1S/C29H29N5O3/c1-19-8-10-20(11-9-19)17-31-29(37)34-26(21-5-2-3-6-21)16-25(33-34)24-13-12-23(15-27(24)35)32-28(36)22-7-4-14-30-18-22/h4,7-16,18,21,35H,2-3,5-6,17H2,1H3,(H,31,37)(H,32,36). The summed E-state index contributed by atoms with van der Waals surface area (Å²) in [6.07, 6.45) is 7.31. The summed E-state index contributed by atoms with van der Waals surface area (Å²) in [5, 5.41) is 21.1. The largest absolute Gasteiger partial charge is 0.507 e. The Balaban J connectivity index is 1.37. The highest BCUT2D eigenvalue weighted by molar-refractivity contribution is 6.04. The van der Waals surface area contributed by atoms with Gasteiger partial charge in [-0.15, -0.1) is 0 Å². The quantitative estimate of drug-likeness (QED) is 0.321. The third kappa shape index (κ3) is 5.53. The van der Waals surface area contributed by atoms with Gasteiger partial charge in [0.2, 0.25) is 0 Å². The number of aryl methyl sites for hydroxylation is 1. The lowest BCUT2D eigenvalue weighted by atomic mass is 10.0. The van der Waals surface area contributed by atoms with E-state index >= 15 is 0 Å². The average Bonchev–Trinajstić information content (AvgIpc) is 3.59. The average molecular weight is 496 g/mol. The summed E-state index contributed by atoms with van der Waals surface area (Å²) in [5.41, 5.74) is 4.89. The zero-order valence-corrected chi connectivity index (χ0v) is 20.6. The second-order valence-corrected chi connectivity index (χ2v) is 9.42. The van der Waals surface area contributed by atoms with E-state index in [0.717, 1.165) is 42.5 Å². The number of carbonyl (C=O) groups excluding carboxylic acids is 2. The second kappa shape index (κ2) is 10.7. The van der Waals surface area contributed by atoms with Crippen LogP contribution in [0.5, 0.6) is 5.75 Å². The van der Waals surface area contributed by atoms with E-state index in [9.17, 15) is 14.7 Å². The van der Waals surface area contributed by atoms with E-state index in [2.05, 4.69) is 20.7 Å². The monoisotopic (exact) mass is 495 g/mol. The lowest BCUT2D eigenvalue weighted by molar-refractivity contribution is 0.102. The summed E-state index contributed by atoms with van der Waals surface area (Å²) >= 11 is 0. The summed E-state index contributed by atoms with van der Waals surface area (Å²) in [6.45, 7) is 2.42. The highest BCUT2D eigenvalue weighted by Crippen LogP contribution is 2.38. The van der Waals surface area contributed by atoms with Gasteiger partial charge in [-0.25, -0.2) is 4.79 Å². The minimum Gasteiger partial charge on any atom is -0.507 e. The molecule has 0 atom stereocenters. The first-order chi connectivity index (χ1) is 18.0. The molecule has 8 heteroatoms. The van der Waals surface area contributed by atoms with Crippen LogP contribution in [0.1, 0.15) is 58.8 Å². The number of anilines is 1.